The Morgan fingerprint density at radius 1 is 1.16 bits per heavy atom. The second-order valence-electron chi connectivity index (χ2n) is 12.3. The first kappa shape index (κ1) is 33.0. The second kappa shape index (κ2) is 13.8. The summed E-state index contributed by atoms with van der Waals surface area (Å²) in [5.41, 5.74) is 1.10. The molecule has 1 saturated carbocycles. The zero-order valence-corrected chi connectivity index (χ0v) is 25.0. The molecule has 238 valence electrons. The third kappa shape index (κ3) is 8.62. The maximum atomic E-state index is 14.5. The highest BCUT2D eigenvalue weighted by molar-refractivity contribution is 5.81. The Balaban J connectivity index is 1.48. The number of rotatable bonds is 11. The molecule has 12 heteroatoms. The number of allylic oxidation sites excluding steroid dienone is 2. The lowest BCUT2D eigenvalue weighted by Gasteiger charge is -2.34. The van der Waals surface area contributed by atoms with Crippen LogP contribution in [0.3, 0.4) is 0 Å². The molecule has 0 radical (unpaired) electrons. The van der Waals surface area contributed by atoms with Crippen LogP contribution in [0.25, 0.3) is 12.2 Å². The monoisotopic (exact) mass is 611 g/mol. The van der Waals surface area contributed by atoms with Crippen molar-refractivity contribution in [1.29, 1.82) is 0 Å². The molecule has 0 aromatic carbocycles. The first-order chi connectivity index (χ1) is 20.3. The molecule has 4 rings (SSSR count). The second-order valence-corrected chi connectivity index (χ2v) is 12.3. The van der Waals surface area contributed by atoms with Gasteiger partial charge in [0.15, 0.2) is 0 Å². The van der Waals surface area contributed by atoms with Crippen LogP contribution in [-0.2, 0) is 4.79 Å². The molecule has 0 unspecified atom stereocenters. The summed E-state index contributed by atoms with van der Waals surface area (Å²) in [6, 6.07) is 0. The van der Waals surface area contributed by atoms with Crippen LogP contribution >= 0.6 is 0 Å². The lowest BCUT2D eigenvalue weighted by Crippen LogP contribution is -2.50. The molecule has 2 aliphatic carbocycles. The quantitative estimate of drug-likeness (QED) is 0.234. The largest absolute Gasteiger partial charge is 0.401 e. The van der Waals surface area contributed by atoms with E-state index < -0.39 is 25.1 Å². The van der Waals surface area contributed by atoms with Crippen molar-refractivity contribution in [1.82, 2.24) is 14.8 Å². The standard InChI is InChI=1S/C31H42F5N5O2/c1-21-4-7-27-26(16-24(21)5-6-25(42)18-39-12-14-40(15-13-39)20-31(34,35)36)28(22(2)29(43)38-27)41(37-3)17-23-8-10-30(33,19-32)11-9-23/h7,16,23H,3-6,8-15,17-20H2,1-2H3,(H,38,43). The van der Waals surface area contributed by atoms with Crippen molar-refractivity contribution in [3.8, 4) is 0 Å². The number of halogens is 5. The summed E-state index contributed by atoms with van der Waals surface area (Å²) < 4.78 is 65.7. The van der Waals surface area contributed by atoms with Gasteiger partial charge in [-0.25, -0.2) is 8.78 Å². The lowest BCUT2D eigenvalue weighted by molar-refractivity contribution is -0.149. The summed E-state index contributed by atoms with van der Waals surface area (Å²) in [6.07, 6.45) is 2.37. The number of aromatic amines is 1. The fourth-order valence-corrected chi connectivity index (χ4v) is 6.27. The number of hydrogen-bond acceptors (Lipinski definition) is 6. The molecule has 43 heavy (non-hydrogen) atoms. The van der Waals surface area contributed by atoms with Gasteiger partial charge >= 0.3 is 6.18 Å². The van der Waals surface area contributed by atoms with E-state index in [-0.39, 0.29) is 56.2 Å². The number of anilines is 1. The third-order valence-corrected chi connectivity index (χ3v) is 9.01. The van der Waals surface area contributed by atoms with E-state index in [2.05, 4.69) is 16.8 Å². The van der Waals surface area contributed by atoms with E-state index in [1.807, 2.05) is 24.0 Å². The Morgan fingerprint density at radius 2 is 1.81 bits per heavy atom. The predicted molar refractivity (Wildman–Crippen MR) is 159 cm³/mol. The van der Waals surface area contributed by atoms with E-state index in [0.29, 0.717) is 61.9 Å². The zero-order chi connectivity index (χ0) is 31.4. The maximum absolute atomic E-state index is 14.5. The van der Waals surface area contributed by atoms with Crippen LogP contribution in [0.5, 0.6) is 0 Å². The lowest BCUT2D eigenvalue weighted by atomic mass is 9.80. The normalized spacial score (nSPS) is 23.7. The van der Waals surface area contributed by atoms with Crippen molar-refractivity contribution in [2.75, 3.05) is 57.5 Å². The summed E-state index contributed by atoms with van der Waals surface area (Å²) in [4.78, 5) is 32.1. The van der Waals surface area contributed by atoms with E-state index in [9.17, 15) is 31.5 Å². The molecule has 3 aliphatic rings. The first-order valence-corrected chi connectivity index (χ1v) is 15.0. The molecule has 1 saturated heterocycles. The molecule has 0 atom stereocenters. The molecule has 7 nitrogen and oxygen atoms in total. The van der Waals surface area contributed by atoms with Crippen LogP contribution in [0, 0.1) is 12.8 Å². The first-order valence-electron chi connectivity index (χ1n) is 15.0. The van der Waals surface area contributed by atoms with Gasteiger partial charge in [0.2, 0.25) is 0 Å². The Kier molecular flexibility index (Phi) is 10.6. The smallest absolute Gasteiger partial charge is 0.322 e. The Morgan fingerprint density at radius 3 is 2.42 bits per heavy atom. The van der Waals surface area contributed by atoms with Crippen molar-refractivity contribution in [3.05, 3.63) is 37.6 Å². The summed E-state index contributed by atoms with van der Waals surface area (Å²) in [5.74, 6) is 0.0860. The van der Waals surface area contributed by atoms with Gasteiger partial charge in [0.05, 0.1) is 18.8 Å². The summed E-state index contributed by atoms with van der Waals surface area (Å²) in [7, 11) is 0. The molecule has 1 N–H and O–H groups in total. The van der Waals surface area contributed by atoms with Crippen LogP contribution < -0.4 is 21.1 Å². The number of hydrogen-bond donors (Lipinski definition) is 1. The molecule has 2 fully saturated rings. The molecule has 0 spiro atoms. The number of H-pyrrole nitrogens is 1. The fourth-order valence-electron chi connectivity index (χ4n) is 6.27. The van der Waals surface area contributed by atoms with Gasteiger partial charge in [0.25, 0.3) is 5.56 Å². The van der Waals surface area contributed by atoms with Gasteiger partial charge in [-0.1, -0.05) is 11.6 Å². The van der Waals surface area contributed by atoms with Gasteiger partial charge in [-0.15, -0.1) is 0 Å². The number of hydrazone groups is 1. The Hall–Kier alpha value is -2.86. The minimum atomic E-state index is -4.23. The Labute approximate surface area is 248 Å². The van der Waals surface area contributed by atoms with Crippen LogP contribution in [-0.4, -0.2) is 91.6 Å². The number of nitrogens with one attached hydrogen (secondary N) is 1. The number of carbonyl (C=O) groups is 1. The number of pyridine rings is 1. The molecule has 1 aliphatic heterocycles. The number of ketones is 1. The number of piperazine rings is 1. The Bertz CT molecular complexity index is 1390. The molecule has 1 aromatic rings. The summed E-state index contributed by atoms with van der Waals surface area (Å²) >= 11 is 0. The van der Waals surface area contributed by atoms with Gasteiger partial charge in [-0.05, 0) is 69.9 Å². The van der Waals surface area contributed by atoms with Crippen LogP contribution in [0.15, 0.2) is 21.0 Å². The minimum Gasteiger partial charge on any atom is -0.322 e. The third-order valence-electron chi connectivity index (χ3n) is 9.01. The highest BCUT2D eigenvalue weighted by Gasteiger charge is 2.36. The van der Waals surface area contributed by atoms with Crippen molar-refractivity contribution < 1.29 is 26.7 Å². The number of fused-ring (bicyclic) bond motifs is 1. The van der Waals surface area contributed by atoms with Crippen molar-refractivity contribution in [2.24, 2.45) is 11.0 Å². The van der Waals surface area contributed by atoms with Crippen LogP contribution in [0.2, 0.25) is 0 Å². The molecule has 0 bridgehead atoms. The number of alkyl halides is 5. The average molecular weight is 612 g/mol. The number of nitrogens with zero attached hydrogens (tertiary/aromatic N) is 4. The number of Topliss-reactive ketones (excluding diaryl/α,β-unsaturated/α-hetero) is 1. The van der Waals surface area contributed by atoms with E-state index in [0.717, 1.165) is 16.4 Å². The van der Waals surface area contributed by atoms with Gasteiger partial charge < -0.3 is 4.98 Å². The van der Waals surface area contributed by atoms with Crippen LogP contribution in [0.4, 0.5) is 27.6 Å². The SMILES string of the molecule is C=NN(CC1CCC(F)(CF)CC1)c1c(C)c(=O)[nH]c2c1=CC(CCC(=O)CN1CCN(CC(F)(F)F)CC1)=C(C)CC=2. The van der Waals surface area contributed by atoms with Crippen molar-refractivity contribution >= 4 is 30.3 Å². The molecule has 1 aromatic heterocycles. The fraction of sp³-hybridized carbons (Fsp3) is 0.645. The van der Waals surface area contributed by atoms with Gasteiger partial charge in [0.1, 0.15) is 18.1 Å². The highest BCUT2D eigenvalue weighted by atomic mass is 19.4. The molecular weight excluding hydrogens is 569 g/mol. The molecule has 2 heterocycles. The predicted octanol–water partition coefficient (Wildman–Crippen LogP) is 3.78. The zero-order valence-electron chi connectivity index (χ0n) is 25.0. The molecular formula is C31H42F5N5O2. The topological polar surface area (TPSA) is 72.0 Å². The van der Waals surface area contributed by atoms with Gasteiger partial charge in [-0.3, -0.25) is 24.4 Å². The van der Waals surface area contributed by atoms with Crippen LogP contribution in [0.1, 0.15) is 57.4 Å². The number of carbonyl (C=O) groups excluding carboxylic acids is 1. The average Bonchev–Trinajstić information content (AvgIpc) is 3.11. The van der Waals surface area contributed by atoms with Gasteiger partial charge in [0, 0.05) is 62.0 Å². The summed E-state index contributed by atoms with van der Waals surface area (Å²) in [6.45, 7) is 7.54. The van der Waals surface area contributed by atoms with Gasteiger partial charge in [-0.2, -0.15) is 18.3 Å². The maximum Gasteiger partial charge on any atom is 0.401 e. The van der Waals surface area contributed by atoms with Crippen molar-refractivity contribution in [3.63, 3.8) is 0 Å². The van der Waals surface area contributed by atoms with E-state index in [4.69, 9.17) is 0 Å². The minimum absolute atomic E-state index is 0.0215. The van der Waals surface area contributed by atoms with E-state index in [1.54, 1.807) is 11.9 Å². The van der Waals surface area contributed by atoms with E-state index >= 15 is 0 Å². The highest BCUT2D eigenvalue weighted by Crippen LogP contribution is 2.36. The van der Waals surface area contributed by atoms with Crippen molar-refractivity contribution in [2.45, 2.75) is 70.6 Å². The van der Waals surface area contributed by atoms with E-state index in [1.165, 1.54) is 4.90 Å². The molecule has 0 amide bonds. The number of aromatic nitrogens is 1. The summed E-state index contributed by atoms with van der Waals surface area (Å²) in [5, 5.41) is 7.36.